The first-order valence-corrected chi connectivity index (χ1v) is 6.90. The van der Waals surface area contributed by atoms with Crippen molar-refractivity contribution in [1.82, 2.24) is 0 Å². The van der Waals surface area contributed by atoms with Crippen molar-refractivity contribution in [2.75, 3.05) is 7.11 Å². The van der Waals surface area contributed by atoms with Crippen LogP contribution in [-0.2, 0) is 0 Å². The lowest BCUT2D eigenvalue weighted by molar-refractivity contribution is 0.397. The maximum Gasteiger partial charge on any atom is 0.125 e. The molecule has 2 heteroatoms. The Kier molecular flexibility index (Phi) is 5.67. The van der Waals surface area contributed by atoms with Crippen molar-refractivity contribution in [1.29, 1.82) is 0 Å². The van der Waals surface area contributed by atoms with E-state index in [4.69, 9.17) is 10.5 Å². The minimum Gasteiger partial charge on any atom is -0.496 e. The quantitative estimate of drug-likeness (QED) is 0.829. The van der Waals surface area contributed by atoms with Gasteiger partial charge in [0, 0.05) is 6.04 Å². The van der Waals surface area contributed by atoms with Gasteiger partial charge in [-0.3, -0.25) is 0 Å². The van der Waals surface area contributed by atoms with Gasteiger partial charge in [-0.25, -0.2) is 0 Å². The molecule has 1 rings (SSSR count). The summed E-state index contributed by atoms with van der Waals surface area (Å²) in [4.78, 5) is 0. The van der Waals surface area contributed by atoms with E-state index in [1.165, 1.54) is 16.7 Å². The van der Waals surface area contributed by atoms with E-state index < -0.39 is 0 Å². The Bertz CT molecular complexity index is 385. The molecule has 1 aromatic carbocycles. The molecule has 0 heterocycles. The summed E-state index contributed by atoms with van der Waals surface area (Å²) in [5.41, 5.74) is 9.75. The minimum absolute atomic E-state index is 0.274. The number of hydrogen-bond donors (Lipinski definition) is 1. The highest BCUT2D eigenvalue weighted by Gasteiger charge is 2.17. The summed E-state index contributed by atoms with van der Waals surface area (Å²) in [6, 6.07) is 4.72. The highest BCUT2D eigenvalue weighted by molar-refractivity contribution is 5.45. The van der Waals surface area contributed by atoms with Gasteiger partial charge < -0.3 is 10.5 Å². The maximum atomic E-state index is 5.87. The van der Waals surface area contributed by atoms with Gasteiger partial charge in [-0.15, -0.1) is 0 Å². The Morgan fingerprint density at radius 3 is 2.39 bits per heavy atom. The van der Waals surface area contributed by atoms with Crippen molar-refractivity contribution < 1.29 is 4.74 Å². The molecule has 18 heavy (non-hydrogen) atoms. The first-order valence-electron chi connectivity index (χ1n) is 6.90. The van der Waals surface area contributed by atoms with Crippen LogP contribution in [0.15, 0.2) is 12.1 Å². The van der Waals surface area contributed by atoms with E-state index in [2.05, 4.69) is 39.8 Å². The SMILES string of the molecule is CCC(CCC(C)N)c1cc(C)cc(C)c1OC. The predicted octanol–water partition coefficient (Wildman–Crippen LogP) is 3.93. The first-order chi connectivity index (χ1) is 8.49. The maximum absolute atomic E-state index is 5.87. The highest BCUT2D eigenvalue weighted by atomic mass is 16.5. The second-order valence-corrected chi connectivity index (χ2v) is 5.36. The minimum atomic E-state index is 0.274. The molecule has 102 valence electrons. The summed E-state index contributed by atoms with van der Waals surface area (Å²) in [5.74, 6) is 1.60. The Hall–Kier alpha value is -1.02. The fraction of sp³-hybridized carbons (Fsp3) is 0.625. The van der Waals surface area contributed by atoms with E-state index in [9.17, 15) is 0 Å². The van der Waals surface area contributed by atoms with Crippen molar-refractivity contribution in [3.05, 3.63) is 28.8 Å². The average molecular weight is 249 g/mol. The standard InChI is InChI=1S/C16H27NO/c1-6-14(8-7-13(4)17)15-10-11(2)9-12(3)16(15)18-5/h9-10,13-14H,6-8,17H2,1-5H3. The third-order valence-electron chi connectivity index (χ3n) is 3.55. The zero-order valence-electron chi connectivity index (χ0n) is 12.4. The largest absolute Gasteiger partial charge is 0.496 e. The number of hydrogen-bond acceptors (Lipinski definition) is 2. The van der Waals surface area contributed by atoms with Crippen molar-refractivity contribution in [3.8, 4) is 5.75 Å². The Morgan fingerprint density at radius 1 is 1.22 bits per heavy atom. The van der Waals surface area contributed by atoms with Gasteiger partial charge in [0.25, 0.3) is 0 Å². The normalized spacial score (nSPS) is 14.3. The fourth-order valence-electron chi connectivity index (χ4n) is 2.61. The summed E-state index contributed by atoms with van der Waals surface area (Å²) < 4.78 is 5.59. The molecule has 0 amide bonds. The Balaban J connectivity index is 3.03. The zero-order valence-corrected chi connectivity index (χ0v) is 12.4. The number of methoxy groups -OCH3 is 1. The van der Waals surface area contributed by atoms with Crippen LogP contribution in [0.4, 0.5) is 0 Å². The van der Waals surface area contributed by atoms with E-state index in [1.54, 1.807) is 7.11 Å². The summed E-state index contributed by atoms with van der Waals surface area (Å²) in [7, 11) is 1.76. The van der Waals surface area contributed by atoms with Crippen LogP contribution in [0.1, 0.15) is 55.7 Å². The Morgan fingerprint density at radius 2 is 1.89 bits per heavy atom. The van der Waals surface area contributed by atoms with Crippen molar-refractivity contribution in [3.63, 3.8) is 0 Å². The van der Waals surface area contributed by atoms with Crippen LogP contribution >= 0.6 is 0 Å². The third kappa shape index (κ3) is 3.74. The molecule has 2 atom stereocenters. The predicted molar refractivity (Wildman–Crippen MR) is 78.4 cm³/mol. The van der Waals surface area contributed by atoms with E-state index >= 15 is 0 Å². The molecule has 0 aromatic heterocycles. The molecular weight excluding hydrogens is 222 g/mol. The lowest BCUT2D eigenvalue weighted by atomic mass is 9.88. The van der Waals surface area contributed by atoms with E-state index in [1.807, 2.05) is 0 Å². The van der Waals surface area contributed by atoms with Crippen LogP contribution in [0.3, 0.4) is 0 Å². The monoisotopic (exact) mass is 249 g/mol. The van der Waals surface area contributed by atoms with E-state index in [0.717, 1.165) is 25.0 Å². The molecule has 1 aromatic rings. The number of aryl methyl sites for hydroxylation is 2. The van der Waals surface area contributed by atoms with Gasteiger partial charge in [0.15, 0.2) is 0 Å². The van der Waals surface area contributed by atoms with E-state index in [0.29, 0.717) is 5.92 Å². The number of ether oxygens (including phenoxy) is 1. The van der Waals surface area contributed by atoms with Crippen LogP contribution in [0.25, 0.3) is 0 Å². The second-order valence-electron chi connectivity index (χ2n) is 5.36. The summed E-state index contributed by atoms with van der Waals surface area (Å²) >= 11 is 0. The number of nitrogens with two attached hydrogens (primary N) is 1. The van der Waals surface area contributed by atoms with Crippen molar-refractivity contribution in [2.24, 2.45) is 5.73 Å². The molecular formula is C16H27NO. The van der Waals surface area contributed by atoms with Gasteiger partial charge in [0.05, 0.1) is 7.11 Å². The molecule has 0 aliphatic carbocycles. The molecule has 2 unspecified atom stereocenters. The van der Waals surface area contributed by atoms with Gasteiger partial charge in [0.2, 0.25) is 0 Å². The van der Waals surface area contributed by atoms with Gasteiger partial charge >= 0.3 is 0 Å². The summed E-state index contributed by atoms with van der Waals surface area (Å²) in [5, 5.41) is 0. The highest BCUT2D eigenvalue weighted by Crippen LogP contribution is 2.35. The number of benzene rings is 1. The molecule has 0 bridgehead atoms. The molecule has 0 aliphatic rings. The first kappa shape index (κ1) is 15.0. The lowest BCUT2D eigenvalue weighted by Gasteiger charge is -2.21. The van der Waals surface area contributed by atoms with Crippen LogP contribution in [0.2, 0.25) is 0 Å². The van der Waals surface area contributed by atoms with Gasteiger partial charge in [-0.1, -0.05) is 24.6 Å². The average Bonchev–Trinajstić information content (AvgIpc) is 2.29. The summed E-state index contributed by atoms with van der Waals surface area (Å²) in [6.07, 6.45) is 3.33. The number of rotatable bonds is 6. The molecule has 0 fully saturated rings. The summed E-state index contributed by atoms with van der Waals surface area (Å²) in [6.45, 7) is 8.58. The molecule has 2 nitrogen and oxygen atoms in total. The van der Waals surface area contributed by atoms with Gasteiger partial charge in [-0.2, -0.15) is 0 Å². The molecule has 0 aliphatic heterocycles. The smallest absolute Gasteiger partial charge is 0.125 e. The van der Waals surface area contributed by atoms with Gasteiger partial charge in [0.1, 0.15) is 5.75 Å². The lowest BCUT2D eigenvalue weighted by Crippen LogP contribution is -2.16. The van der Waals surface area contributed by atoms with Crippen LogP contribution < -0.4 is 10.5 Å². The topological polar surface area (TPSA) is 35.2 Å². The van der Waals surface area contributed by atoms with Crippen molar-refractivity contribution in [2.45, 2.75) is 58.9 Å². The molecule has 0 radical (unpaired) electrons. The molecule has 0 saturated carbocycles. The van der Waals surface area contributed by atoms with E-state index in [-0.39, 0.29) is 6.04 Å². The Labute approximate surface area is 112 Å². The molecule has 0 saturated heterocycles. The molecule has 2 N–H and O–H groups in total. The fourth-order valence-corrected chi connectivity index (χ4v) is 2.61. The third-order valence-corrected chi connectivity index (χ3v) is 3.55. The molecule has 0 spiro atoms. The van der Waals surface area contributed by atoms with Crippen LogP contribution in [0.5, 0.6) is 5.75 Å². The zero-order chi connectivity index (χ0) is 13.7. The van der Waals surface area contributed by atoms with Crippen LogP contribution in [-0.4, -0.2) is 13.2 Å². The van der Waals surface area contributed by atoms with Crippen molar-refractivity contribution >= 4 is 0 Å². The van der Waals surface area contributed by atoms with Gasteiger partial charge in [-0.05, 0) is 57.1 Å². The van der Waals surface area contributed by atoms with Crippen LogP contribution in [0, 0.1) is 13.8 Å². The second kappa shape index (κ2) is 6.79.